The molecule has 1 heterocycles. The lowest BCUT2D eigenvalue weighted by atomic mass is 10.2. The monoisotopic (exact) mass is 330 g/mol. The van der Waals surface area contributed by atoms with Crippen molar-refractivity contribution in [1.29, 1.82) is 0 Å². The van der Waals surface area contributed by atoms with E-state index in [1.807, 2.05) is 26.0 Å². The highest BCUT2D eigenvalue weighted by molar-refractivity contribution is 5.92. The Kier molecular flexibility index (Phi) is 5.95. The number of carbonyl (C=O) groups excluding carboxylic acids is 1. The molecule has 0 fully saturated rings. The van der Waals surface area contributed by atoms with Gasteiger partial charge in [-0.15, -0.1) is 10.2 Å². The molecule has 0 unspecified atom stereocenters. The molecule has 0 aliphatic heterocycles. The Labute approximate surface area is 141 Å². The lowest BCUT2D eigenvalue weighted by molar-refractivity contribution is 0.0766. The fourth-order valence-corrected chi connectivity index (χ4v) is 2.23. The lowest BCUT2D eigenvalue weighted by Crippen LogP contribution is -2.31. The summed E-state index contributed by atoms with van der Waals surface area (Å²) in [5, 5.41) is 11.2. The zero-order chi connectivity index (χ0) is 17.5. The van der Waals surface area contributed by atoms with Gasteiger partial charge in [-0.1, -0.05) is 0 Å². The minimum Gasteiger partial charge on any atom is -0.497 e. The number of ether oxygens (including phenoxy) is 2. The lowest BCUT2D eigenvalue weighted by Gasteiger charge is -2.17. The quantitative estimate of drug-likeness (QED) is 0.841. The third-order valence-electron chi connectivity index (χ3n) is 3.61. The summed E-state index contributed by atoms with van der Waals surface area (Å²) in [7, 11) is 3.18. The zero-order valence-electron chi connectivity index (χ0n) is 14.4. The van der Waals surface area contributed by atoms with Crippen LogP contribution >= 0.6 is 0 Å². The van der Waals surface area contributed by atoms with Crippen LogP contribution in [-0.4, -0.2) is 48.3 Å². The fourth-order valence-electron chi connectivity index (χ4n) is 2.23. The third kappa shape index (κ3) is 3.92. The van der Waals surface area contributed by atoms with E-state index in [1.54, 1.807) is 37.3 Å². The highest BCUT2D eigenvalue weighted by atomic mass is 16.5. The number of hydrogen-bond acceptors (Lipinski definition) is 6. The van der Waals surface area contributed by atoms with Gasteiger partial charge in [0.2, 0.25) is 0 Å². The molecule has 0 bridgehead atoms. The minimum absolute atomic E-state index is 0.124. The van der Waals surface area contributed by atoms with Gasteiger partial charge in [0.15, 0.2) is 11.5 Å². The maximum absolute atomic E-state index is 12.2. The maximum atomic E-state index is 12.2. The van der Waals surface area contributed by atoms with Crippen LogP contribution in [0.2, 0.25) is 0 Å². The van der Waals surface area contributed by atoms with E-state index in [2.05, 4.69) is 15.5 Å². The predicted octanol–water partition coefficient (Wildman–Crippen LogP) is 2.72. The molecule has 7 nitrogen and oxygen atoms in total. The molecule has 7 heteroatoms. The van der Waals surface area contributed by atoms with Crippen LogP contribution in [-0.2, 0) is 0 Å². The number of methoxy groups -OCH3 is 2. The van der Waals surface area contributed by atoms with Crippen molar-refractivity contribution in [3.05, 3.63) is 36.0 Å². The smallest absolute Gasteiger partial charge is 0.274 e. The van der Waals surface area contributed by atoms with E-state index in [4.69, 9.17) is 9.47 Å². The van der Waals surface area contributed by atoms with Gasteiger partial charge in [0.25, 0.3) is 5.91 Å². The van der Waals surface area contributed by atoms with Crippen LogP contribution in [0.4, 0.5) is 11.5 Å². The number of nitrogens with one attached hydrogen (secondary N) is 1. The number of aromatic nitrogens is 2. The van der Waals surface area contributed by atoms with Crippen molar-refractivity contribution >= 4 is 17.4 Å². The number of carbonyl (C=O) groups is 1. The Morgan fingerprint density at radius 2 is 1.83 bits per heavy atom. The number of nitrogens with zero attached hydrogens (tertiary/aromatic N) is 3. The zero-order valence-corrected chi connectivity index (χ0v) is 14.4. The van der Waals surface area contributed by atoms with Gasteiger partial charge in [-0.3, -0.25) is 4.79 Å². The van der Waals surface area contributed by atoms with Crippen LogP contribution in [0, 0.1) is 0 Å². The van der Waals surface area contributed by atoms with E-state index in [0.717, 1.165) is 5.69 Å². The predicted molar refractivity (Wildman–Crippen MR) is 92.1 cm³/mol. The number of benzene rings is 1. The number of amides is 1. The molecule has 0 spiro atoms. The molecule has 0 atom stereocenters. The number of hydrogen-bond donors (Lipinski definition) is 1. The molecular weight excluding hydrogens is 308 g/mol. The van der Waals surface area contributed by atoms with E-state index in [9.17, 15) is 4.79 Å². The molecule has 128 valence electrons. The minimum atomic E-state index is -0.124. The molecule has 24 heavy (non-hydrogen) atoms. The van der Waals surface area contributed by atoms with Crippen molar-refractivity contribution in [2.24, 2.45) is 0 Å². The molecule has 1 aromatic heterocycles. The number of anilines is 2. The first kappa shape index (κ1) is 17.5. The van der Waals surface area contributed by atoms with Crippen molar-refractivity contribution in [3.63, 3.8) is 0 Å². The topological polar surface area (TPSA) is 76.6 Å². The Morgan fingerprint density at radius 3 is 2.38 bits per heavy atom. The molecule has 1 amide bonds. The van der Waals surface area contributed by atoms with Crippen LogP contribution in [0.25, 0.3) is 0 Å². The van der Waals surface area contributed by atoms with E-state index >= 15 is 0 Å². The van der Waals surface area contributed by atoms with E-state index < -0.39 is 0 Å². The highest BCUT2D eigenvalue weighted by Gasteiger charge is 2.14. The summed E-state index contributed by atoms with van der Waals surface area (Å²) in [6.45, 7) is 5.14. The molecule has 0 aliphatic carbocycles. The molecule has 0 saturated heterocycles. The van der Waals surface area contributed by atoms with Gasteiger partial charge in [0.1, 0.15) is 11.5 Å². The summed E-state index contributed by atoms with van der Waals surface area (Å²) in [5.74, 6) is 1.72. The van der Waals surface area contributed by atoms with Crippen LogP contribution < -0.4 is 14.8 Å². The van der Waals surface area contributed by atoms with Crippen LogP contribution in [0.3, 0.4) is 0 Å². The van der Waals surface area contributed by atoms with Gasteiger partial charge in [-0.25, -0.2) is 0 Å². The van der Waals surface area contributed by atoms with E-state index in [1.165, 1.54) is 0 Å². The summed E-state index contributed by atoms with van der Waals surface area (Å²) in [5.41, 5.74) is 1.06. The first-order valence-electron chi connectivity index (χ1n) is 7.75. The average Bonchev–Trinajstić information content (AvgIpc) is 2.63. The second kappa shape index (κ2) is 8.14. The fraction of sp³-hybridized carbons (Fsp3) is 0.353. The number of rotatable bonds is 7. The normalized spacial score (nSPS) is 10.2. The van der Waals surface area contributed by atoms with Crippen molar-refractivity contribution in [3.8, 4) is 11.5 Å². The molecule has 1 aromatic carbocycles. The largest absolute Gasteiger partial charge is 0.497 e. The van der Waals surface area contributed by atoms with Crippen molar-refractivity contribution in [2.75, 3.05) is 32.6 Å². The van der Waals surface area contributed by atoms with Crippen LogP contribution in [0.5, 0.6) is 11.5 Å². The van der Waals surface area contributed by atoms with E-state index in [-0.39, 0.29) is 5.91 Å². The molecule has 0 saturated carbocycles. The Balaban J connectivity index is 2.16. The summed E-state index contributed by atoms with van der Waals surface area (Å²) in [4.78, 5) is 13.9. The molecule has 2 rings (SSSR count). The standard InChI is InChI=1S/C17H22N4O3/c1-5-21(6-2)17(22)14-9-10-16(20-19-14)18-13-8-7-12(23-3)11-15(13)24-4/h7-11H,5-6H2,1-4H3,(H,18,20). The summed E-state index contributed by atoms with van der Waals surface area (Å²) in [6.07, 6.45) is 0. The summed E-state index contributed by atoms with van der Waals surface area (Å²) >= 11 is 0. The molecular formula is C17H22N4O3. The summed E-state index contributed by atoms with van der Waals surface area (Å²) in [6, 6.07) is 8.79. The highest BCUT2D eigenvalue weighted by Crippen LogP contribution is 2.30. The van der Waals surface area contributed by atoms with Gasteiger partial charge in [0.05, 0.1) is 19.9 Å². The van der Waals surface area contributed by atoms with E-state index in [0.29, 0.717) is 36.1 Å². The van der Waals surface area contributed by atoms with Crippen molar-refractivity contribution in [1.82, 2.24) is 15.1 Å². The average molecular weight is 330 g/mol. The molecule has 2 aromatic rings. The Hall–Kier alpha value is -2.83. The van der Waals surface area contributed by atoms with Gasteiger partial charge in [-0.2, -0.15) is 0 Å². The van der Waals surface area contributed by atoms with Gasteiger partial charge in [-0.05, 0) is 38.1 Å². The first-order chi connectivity index (χ1) is 11.6. The molecule has 1 N–H and O–H groups in total. The van der Waals surface area contributed by atoms with Crippen LogP contribution in [0.1, 0.15) is 24.3 Å². The maximum Gasteiger partial charge on any atom is 0.274 e. The van der Waals surface area contributed by atoms with Gasteiger partial charge in [0, 0.05) is 19.2 Å². The molecule has 0 radical (unpaired) electrons. The molecule has 0 aliphatic rings. The second-order valence-electron chi connectivity index (χ2n) is 4.97. The second-order valence-corrected chi connectivity index (χ2v) is 4.97. The Bertz CT molecular complexity index is 685. The summed E-state index contributed by atoms with van der Waals surface area (Å²) < 4.78 is 10.5. The SMILES string of the molecule is CCN(CC)C(=O)c1ccc(Nc2ccc(OC)cc2OC)nn1. The first-order valence-corrected chi connectivity index (χ1v) is 7.75. The van der Waals surface area contributed by atoms with Gasteiger partial charge >= 0.3 is 0 Å². The van der Waals surface area contributed by atoms with Gasteiger partial charge < -0.3 is 19.7 Å². The van der Waals surface area contributed by atoms with Crippen molar-refractivity contribution in [2.45, 2.75) is 13.8 Å². The van der Waals surface area contributed by atoms with Crippen LogP contribution in [0.15, 0.2) is 30.3 Å². The van der Waals surface area contributed by atoms with Crippen molar-refractivity contribution < 1.29 is 14.3 Å². The Morgan fingerprint density at radius 1 is 1.08 bits per heavy atom. The third-order valence-corrected chi connectivity index (χ3v) is 3.61.